The lowest BCUT2D eigenvalue weighted by atomic mass is 9.65. The summed E-state index contributed by atoms with van der Waals surface area (Å²) in [5.41, 5.74) is 7.51. The number of rotatable bonds is 2. The molecule has 4 rings (SSSR count). The molecule has 0 spiro atoms. The highest BCUT2D eigenvalue weighted by atomic mass is 35.5. The van der Waals surface area contributed by atoms with E-state index in [4.69, 9.17) is 5.73 Å². The van der Waals surface area contributed by atoms with E-state index < -0.39 is 0 Å². The van der Waals surface area contributed by atoms with Crippen LogP contribution in [0.15, 0.2) is 0 Å². The number of amides is 1. The molecule has 26 heavy (non-hydrogen) atoms. The highest BCUT2D eigenvalue weighted by Crippen LogP contribution is 2.42. The standard InChI is InChI=1S/C19H30N4OS.ClH/c1-12-13(2)25-19(21-12)23-8-6-22(7-9-23)18(24)16-10-14-4-3-5-15(11-16)17(14)20;/h14-17H,3-11,20H2,1-2H3;1H. The van der Waals surface area contributed by atoms with Crippen LogP contribution in [0.3, 0.4) is 0 Å². The second-order valence-electron chi connectivity index (χ2n) is 8.15. The molecule has 2 heterocycles. The third-order valence-corrected chi connectivity index (χ3v) is 7.78. The van der Waals surface area contributed by atoms with Crippen LogP contribution in [0, 0.1) is 31.6 Å². The van der Waals surface area contributed by atoms with Crippen LogP contribution in [0.4, 0.5) is 5.13 Å². The third kappa shape index (κ3) is 3.73. The van der Waals surface area contributed by atoms with E-state index in [9.17, 15) is 4.79 Å². The van der Waals surface area contributed by atoms with Gasteiger partial charge in [0, 0.05) is 43.0 Å². The van der Waals surface area contributed by atoms with E-state index in [0.717, 1.165) is 49.8 Å². The minimum Gasteiger partial charge on any atom is -0.345 e. The molecule has 1 amide bonds. The van der Waals surface area contributed by atoms with Crippen molar-refractivity contribution in [1.82, 2.24) is 9.88 Å². The Morgan fingerprint density at radius 3 is 2.27 bits per heavy atom. The van der Waals surface area contributed by atoms with Crippen molar-refractivity contribution in [3.05, 3.63) is 10.6 Å². The van der Waals surface area contributed by atoms with Crippen LogP contribution >= 0.6 is 23.7 Å². The van der Waals surface area contributed by atoms with Crippen molar-refractivity contribution in [2.24, 2.45) is 23.5 Å². The van der Waals surface area contributed by atoms with Crippen molar-refractivity contribution in [1.29, 1.82) is 0 Å². The first kappa shape index (κ1) is 19.9. The first-order chi connectivity index (χ1) is 12.0. The predicted molar refractivity (Wildman–Crippen MR) is 109 cm³/mol. The van der Waals surface area contributed by atoms with E-state index in [1.807, 2.05) is 0 Å². The Morgan fingerprint density at radius 2 is 1.73 bits per heavy atom. The molecule has 2 bridgehead atoms. The maximum absolute atomic E-state index is 13.0. The Hall–Kier alpha value is -0.850. The van der Waals surface area contributed by atoms with Gasteiger partial charge in [0.2, 0.25) is 5.91 Å². The summed E-state index contributed by atoms with van der Waals surface area (Å²) in [4.78, 5) is 23.4. The van der Waals surface area contributed by atoms with Gasteiger partial charge in [0.15, 0.2) is 5.13 Å². The number of piperazine rings is 1. The van der Waals surface area contributed by atoms with Gasteiger partial charge in [0.25, 0.3) is 0 Å². The first-order valence-electron chi connectivity index (χ1n) is 9.76. The van der Waals surface area contributed by atoms with Crippen molar-refractivity contribution >= 4 is 34.8 Å². The van der Waals surface area contributed by atoms with E-state index in [1.54, 1.807) is 11.3 Å². The van der Waals surface area contributed by atoms with E-state index in [1.165, 1.54) is 24.1 Å². The highest BCUT2D eigenvalue weighted by Gasteiger charge is 2.42. The molecular formula is C19H31ClN4OS. The van der Waals surface area contributed by atoms with Gasteiger partial charge >= 0.3 is 0 Å². The number of hydrogen-bond acceptors (Lipinski definition) is 5. The second kappa shape index (κ2) is 8.03. The van der Waals surface area contributed by atoms with Gasteiger partial charge in [0.1, 0.15) is 0 Å². The average molecular weight is 399 g/mol. The number of nitrogens with zero attached hydrogens (tertiary/aromatic N) is 3. The van der Waals surface area contributed by atoms with Crippen LogP contribution in [0.1, 0.15) is 42.7 Å². The molecule has 2 saturated carbocycles. The Balaban J connectivity index is 0.00000196. The molecule has 2 unspecified atom stereocenters. The molecule has 2 N–H and O–H groups in total. The molecule has 2 aliphatic carbocycles. The van der Waals surface area contributed by atoms with Crippen LogP contribution < -0.4 is 10.6 Å². The number of hydrogen-bond donors (Lipinski definition) is 1. The number of halogens is 1. The number of aromatic nitrogens is 1. The van der Waals surface area contributed by atoms with Crippen molar-refractivity contribution in [3.63, 3.8) is 0 Å². The average Bonchev–Trinajstić information content (AvgIpc) is 2.93. The van der Waals surface area contributed by atoms with Crippen LogP contribution in [0.25, 0.3) is 0 Å². The zero-order valence-corrected chi connectivity index (χ0v) is 17.5. The van der Waals surface area contributed by atoms with Gasteiger partial charge in [-0.25, -0.2) is 4.98 Å². The topological polar surface area (TPSA) is 62.5 Å². The molecule has 1 aromatic rings. The minimum atomic E-state index is 0. The number of aryl methyl sites for hydroxylation is 2. The summed E-state index contributed by atoms with van der Waals surface area (Å²) in [6.07, 6.45) is 5.77. The molecule has 0 aromatic carbocycles. The molecule has 7 heteroatoms. The van der Waals surface area contributed by atoms with Gasteiger partial charge in [-0.2, -0.15) is 0 Å². The zero-order chi connectivity index (χ0) is 17.6. The van der Waals surface area contributed by atoms with Crippen LogP contribution in [-0.2, 0) is 4.79 Å². The summed E-state index contributed by atoms with van der Waals surface area (Å²) in [7, 11) is 0. The zero-order valence-electron chi connectivity index (χ0n) is 15.8. The quantitative estimate of drug-likeness (QED) is 0.831. The Labute approximate surface area is 166 Å². The predicted octanol–water partition coefficient (Wildman–Crippen LogP) is 2.98. The van der Waals surface area contributed by atoms with Crippen molar-refractivity contribution in [2.45, 2.75) is 52.0 Å². The van der Waals surface area contributed by atoms with Crippen LogP contribution in [-0.4, -0.2) is 48.0 Å². The fraction of sp³-hybridized carbons (Fsp3) is 0.789. The minimum absolute atomic E-state index is 0. The Bertz CT molecular complexity index is 610. The maximum atomic E-state index is 13.0. The molecule has 1 saturated heterocycles. The molecule has 5 nitrogen and oxygen atoms in total. The van der Waals surface area contributed by atoms with E-state index in [0.29, 0.717) is 23.8 Å². The van der Waals surface area contributed by atoms with Gasteiger partial charge in [-0.05, 0) is 51.4 Å². The van der Waals surface area contributed by atoms with Gasteiger partial charge in [-0.15, -0.1) is 23.7 Å². The molecule has 3 fully saturated rings. The smallest absolute Gasteiger partial charge is 0.225 e. The van der Waals surface area contributed by atoms with Gasteiger partial charge < -0.3 is 15.5 Å². The molecule has 3 aliphatic rings. The number of carbonyl (C=O) groups is 1. The van der Waals surface area contributed by atoms with Gasteiger partial charge in [0.05, 0.1) is 5.69 Å². The fourth-order valence-electron chi connectivity index (χ4n) is 4.96. The lowest BCUT2D eigenvalue weighted by Gasteiger charge is -2.45. The molecule has 1 aromatic heterocycles. The van der Waals surface area contributed by atoms with E-state index in [2.05, 4.69) is 28.6 Å². The molecule has 1 aliphatic heterocycles. The summed E-state index contributed by atoms with van der Waals surface area (Å²) in [5.74, 6) is 1.74. The SMILES string of the molecule is Cc1nc(N2CCN(C(=O)C3CC4CCCC(C3)C4N)CC2)sc1C.Cl. The summed E-state index contributed by atoms with van der Waals surface area (Å²) in [6, 6.07) is 0.339. The normalized spacial score (nSPS) is 31.5. The van der Waals surface area contributed by atoms with Crippen molar-refractivity contribution < 1.29 is 4.79 Å². The largest absolute Gasteiger partial charge is 0.345 e. The number of fused-ring (bicyclic) bond motifs is 2. The van der Waals surface area contributed by atoms with Crippen molar-refractivity contribution in [3.8, 4) is 0 Å². The molecule has 2 atom stereocenters. The Kier molecular flexibility index (Phi) is 6.14. The molecular weight excluding hydrogens is 368 g/mol. The van der Waals surface area contributed by atoms with Crippen LogP contribution in [0.5, 0.6) is 0 Å². The second-order valence-corrected chi connectivity index (χ2v) is 9.33. The fourth-order valence-corrected chi connectivity index (χ4v) is 5.92. The summed E-state index contributed by atoms with van der Waals surface area (Å²) in [6.45, 7) is 7.65. The lowest BCUT2D eigenvalue weighted by molar-refractivity contribution is -0.138. The maximum Gasteiger partial charge on any atom is 0.225 e. The number of anilines is 1. The number of carbonyl (C=O) groups excluding carboxylic acids is 1. The lowest BCUT2D eigenvalue weighted by Crippen LogP contribution is -2.53. The summed E-state index contributed by atoms with van der Waals surface area (Å²) < 4.78 is 0. The summed E-state index contributed by atoms with van der Waals surface area (Å²) in [5, 5.41) is 1.11. The van der Waals surface area contributed by atoms with E-state index >= 15 is 0 Å². The number of thiazole rings is 1. The van der Waals surface area contributed by atoms with Crippen LogP contribution in [0.2, 0.25) is 0 Å². The highest BCUT2D eigenvalue weighted by molar-refractivity contribution is 7.15. The van der Waals surface area contributed by atoms with E-state index in [-0.39, 0.29) is 18.3 Å². The molecule has 146 valence electrons. The molecule has 0 radical (unpaired) electrons. The number of nitrogens with two attached hydrogens (primary N) is 1. The first-order valence-corrected chi connectivity index (χ1v) is 10.6. The Morgan fingerprint density at radius 1 is 1.12 bits per heavy atom. The van der Waals surface area contributed by atoms with Gasteiger partial charge in [-0.1, -0.05) is 6.42 Å². The monoisotopic (exact) mass is 398 g/mol. The van der Waals surface area contributed by atoms with Crippen molar-refractivity contribution in [2.75, 3.05) is 31.1 Å². The third-order valence-electron chi connectivity index (χ3n) is 6.64. The van der Waals surface area contributed by atoms with Gasteiger partial charge in [-0.3, -0.25) is 4.79 Å². The summed E-state index contributed by atoms with van der Waals surface area (Å²) >= 11 is 1.77.